The van der Waals surface area contributed by atoms with E-state index in [0.29, 0.717) is 29.2 Å². The lowest BCUT2D eigenvalue weighted by Crippen LogP contribution is -2.18. The zero-order valence-electron chi connectivity index (χ0n) is 18.5. The molecule has 0 saturated heterocycles. The molecule has 8 nitrogen and oxygen atoms in total. The van der Waals surface area contributed by atoms with Gasteiger partial charge in [0.25, 0.3) is 0 Å². The van der Waals surface area contributed by atoms with Crippen LogP contribution < -0.4 is 15.2 Å². The molecule has 4 aromatic rings. The summed E-state index contributed by atoms with van der Waals surface area (Å²) in [5, 5.41) is 0.698. The summed E-state index contributed by atoms with van der Waals surface area (Å²) in [6, 6.07) is 15.7. The lowest BCUT2D eigenvalue weighted by molar-refractivity contribution is 0.324. The van der Waals surface area contributed by atoms with Gasteiger partial charge in [-0.25, -0.2) is 18.4 Å². The van der Waals surface area contributed by atoms with E-state index in [-0.39, 0.29) is 5.25 Å². The summed E-state index contributed by atoms with van der Waals surface area (Å²) >= 11 is 0. The maximum Gasteiger partial charge on any atom is 0.321 e. The summed E-state index contributed by atoms with van der Waals surface area (Å²) in [6.45, 7) is 0. The SMILES string of the molecule is Nc1c(-c2ccc(NS(=O)(=O)C3CC3)cc2)n(C2CCC2)c2cc(Oc3ncccn3)ccc12. The predicted molar refractivity (Wildman–Crippen MR) is 132 cm³/mol. The summed E-state index contributed by atoms with van der Waals surface area (Å²) in [7, 11) is -3.30. The van der Waals surface area contributed by atoms with E-state index in [9.17, 15) is 8.42 Å². The van der Waals surface area contributed by atoms with Crippen LogP contribution in [0, 0.1) is 0 Å². The first-order chi connectivity index (χ1) is 16.5. The Labute approximate surface area is 197 Å². The Morgan fingerprint density at radius 3 is 2.38 bits per heavy atom. The molecule has 3 N–H and O–H groups in total. The summed E-state index contributed by atoms with van der Waals surface area (Å²) in [6.07, 6.45) is 8.09. The Bertz CT molecular complexity index is 1460. The van der Waals surface area contributed by atoms with Gasteiger partial charge in [0, 0.05) is 41.1 Å². The fourth-order valence-electron chi connectivity index (χ4n) is 4.46. The van der Waals surface area contributed by atoms with Crippen LogP contribution in [0.25, 0.3) is 22.2 Å². The van der Waals surface area contributed by atoms with Crippen LogP contribution >= 0.6 is 0 Å². The van der Waals surface area contributed by atoms with E-state index in [2.05, 4.69) is 19.3 Å². The number of nitrogens with zero attached hydrogens (tertiary/aromatic N) is 3. The summed E-state index contributed by atoms with van der Waals surface area (Å²) in [5.41, 5.74) is 10.9. The van der Waals surface area contributed by atoms with Crippen molar-refractivity contribution in [3.8, 4) is 23.0 Å². The van der Waals surface area contributed by atoms with Gasteiger partial charge in [0.1, 0.15) is 5.75 Å². The van der Waals surface area contributed by atoms with Crippen molar-refractivity contribution < 1.29 is 13.2 Å². The molecule has 34 heavy (non-hydrogen) atoms. The Morgan fingerprint density at radius 1 is 1.00 bits per heavy atom. The van der Waals surface area contributed by atoms with E-state index in [1.807, 2.05) is 30.3 Å². The second kappa shape index (κ2) is 8.02. The molecule has 0 unspecified atom stereocenters. The van der Waals surface area contributed by atoms with Gasteiger partial charge in [-0.3, -0.25) is 4.72 Å². The molecule has 174 valence electrons. The monoisotopic (exact) mass is 475 g/mol. The lowest BCUT2D eigenvalue weighted by atomic mass is 9.92. The number of nitrogen functional groups attached to an aromatic ring is 1. The maximum absolute atomic E-state index is 12.3. The molecule has 2 fully saturated rings. The molecule has 6 rings (SSSR count). The van der Waals surface area contributed by atoms with Crippen molar-refractivity contribution in [2.24, 2.45) is 0 Å². The number of benzene rings is 2. The topological polar surface area (TPSA) is 112 Å². The number of rotatable bonds is 7. The van der Waals surface area contributed by atoms with E-state index in [1.165, 1.54) is 6.42 Å². The Kier molecular flexibility index (Phi) is 4.95. The first-order valence-corrected chi connectivity index (χ1v) is 13.0. The lowest BCUT2D eigenvalue weighted by Gasteiger charge is -2.30. The molecular formula is C25H25N5O3S. The van der Waals surface area contributed by atoms with E-state index in [0.717, 1.165) is 47.8 Å². The molecule has 2 saturated carbocycles. The van der Waals surface area contributed by atoms with Crippen molar-refractivity contribution in [1.29, 1.82) is 0 Å². The average molecular weight is 476 g/mol. The predicted octanol–water partition coefficient (Wildman–Crippen LogP) is 5.10. The molecule has 2 aliphatic rings. The van der Waals surface area contributed by atoms with E-state index in [4.69, 9.17) is 10.5 Å². The minimum atomic E-state index is -3.30. The van der Waals surface area contributed by atoms with Gasteiger partial charge in [0.2, 0.25) is 10.0 Å². The standard InChI is InChI=1S/C25H25N5O3S/c26-23-21-12-9-19(33-25-27-13-2-14-28-25)15-22(21)30(18-3-1-4-18)24(23)16-5-7-17(8-6-16)29-34(31,32)20-10-11-20/h2,5-9,12-15,18,20,29H,1,3-4,10-11,26H2. The molecular weight excluding hydrogens is 450 g/mol. The highest BCUT2D eigenvalue weighted by molar-refractivity contribution is 7.93. The van der Waals surface area contributed by atoms with Crippen molar-refractivity contribution in [3.05, 3.63) is 60.9 Å². The molecule has 2 aromatic carbocycles. The van der Waals surface area contributed by atoms with Crippen molar-refractivity contribution in [1.82, 2.24) is 14.5 Å². The number of sulfonamides is 1. The minimum Gasteiger partial charge on any atom is -0.424 e. The van der Waals surface area contributed by atoms with Gasteiger partial charge in [-0.05, 0) is 62.4 Å². The molecule has 2 aromatic heterocycles. The first-order valence-electron chi connectivity index (χ1n) is 11.5. The number of ether oxygens (including phenoxy) is 1. The molecule has 0 aliphatic heterocycles. The number of hydrogen-bond donors (Lipinski definition) is 2. The zero-order valence-corrected chi connectivity index (χ0v) is 19.3. The van der Waals surface area contributed by atoms with Gasteiger partial charge in [0.15, 0.2) is 0 Å². The van der Waals surface area contributed by atoms with Gasteiger partial charge >= 0.3 is 6.01 Å². The van der Waals surface area contributed by atoms with E-state index < -0.39 is 10.0 Å². The van der Waals surface area contributed by atoms with E-state index in [1.54, 1.807) is 30.6 Å². The molecule has 0 amide bonds. The normalized spacial score (nSPS) is 16.4. The van der Waals surface area contributed by atoms with Crippen molar-refractivity contribution in [2.75, 3.05) is 10.5 Å². The van der Waals surface area contributed by atoms with Gasteiger partial charge in [0.05, 0.1) is 22.1 Å². The molecule has 2 aliphatic carbocycles. The summed E-state index contributed by atoms with van der Waals surface area (Å²) in [5.74, 6) is 0.646. The van der Waals surface area contributed by atoms with Crippen LogP contribution in [0.1, 0.15) is 38.1 Å². The van der Waals surface area contributed by atoms with Gasteiger partial charge in [-0.15, -0.1) is 0 Å². The minimum absolute atomic E-state index is 0.262. The third-order valence-electron chi connectivity index (χ3n) is 6.59. The average Bonchev–Trinajstić information content (AvgIpc) is 3.62. The molecule has 0 bridgehead atoms. The fourth-order valence-corrected chi connectivity index (χ4v) is 5.85. The second-order valence-corrected chi connectivity index (χ2v) is 10.9. The van der Waals surface area contributed by atoms with Crippen LogP contribution in [-0.4, -0.2) is 28.2 Å². The second-order valence-electron chi connectivity index (χ2n) is 8.95. The van der Waals surface area contributed by atoms with Crippen molar-refractivity contribution >= 4 is 32.3 Å². The molecule has 2 heterocycles. The largest absolute Gasteiger partial charge is 0.424 e. The third-order valence-corrected chi connectivity index (χ3v) is 8.46. The highest BCUT2D eigenvalue weighted by atomic mass is 32.2. The summed E-state index contributed by atoms with van der Waals surface area (Å²) in [4.78, 5) is 8.29. The molecule has 0 radical (unpaired) electrons. The number of nitrogens with two attached hydrogens (primary N) is 1. The Morgan fingerprint density at radius 2 is 1.74 bits per heavy atom. The third kappa shape index (κ3) is 3.75. The number of nitrogens with one attached hydrogen (secondary N) is 1. The number of aromatic nitrogens is 3. The number of hydrogen-bond acceptors (Lipinski definition) is 6. The Hall–Kier alpha value is -3.59. The van der Waals surface area contributed by atoms with Crippen LogP contribution in [0.5, 0.6) is 11.8 Å². The van der Waals surface area contributed by atoms with Crippen LogP contribution in [-0.2, 0) is 10.0 Å². The smallest absolute Gasteiger partial charge is 0.321 e. The highest BCUT2D eigenvalue weighted by Gasteiger charge is 2.35. The summed E-state index contributed by atoms with van der Waals surface area (Å²) < 4.78 is 35.4. The van der Waals surface area contributed by atoms with Crippen molar-refractivity contribution in [2.45, 2.75) is 43.4 Å². The Balaban J connectivity index is 1.39. The van der Waals surface area contributed by atoms with Crippen LogP contribution in [0.4, 0.5) is 11.4 Å². The van der Waals surface area contributed by atoms with Crippen LogP contribution in [0.3, 0.4) is 0 Å². The molecule has 0 atom stereocenters. The first kappa shape index (κ1) is 21.0. The number of fused-ring (bicyclic) bond motifs is 1. The fraction of sp³-hybridized carbons (Fsp3) is 0.280. The van der Waals surface area contributed by atoms with Gasteiger partial charge < -0.3 is 15.0 Å². The van der Waals surface area contributed by atoms with E-state index >= 15 is 0 Å². The highest BCUT2D eigenvalue weighted by Crippen LogP contribution is 2.45. The molecule has 0 spiro atoms. The van der Waals surface area contributed by atoms with Gasteiger partial charge in [-0.2, -0.15) is 0 Å². The van der Waals surface area contributed by atoms with Crippen molar-refractivity contribution in [3.63, 3.8) is 0 Å². The maximum atomic E-state index is 12.3. The van der Waals surface area contributed by atoms with Gasteiger partial charge in [-0.1, -0.05) is 12.1 Å². The molecule has 9 heteroatoms. The number of anilines is 2. The van der Waals surface area contributed by atoms with Crippen LogP contribution in [0.15, 0.2) is 60.9 Å². The quantitative estimate of drug-likeness (QED) is 0.384. The van der Waals surface area contributed by atoms with Crippen LogP contribution in [0.2, 0.25) is 0 Å². The zero-order chi connectivity index (χ0) is 23.3.